The standard InChI is InChI=1S/C30H31N7O6.2C2H6.CH4/c31-10-25(38)34-15-42-8-7-17(32)11-36(33)12-20-21-13-37-24(9-19-22(29(37)40)14-43-30(41)28(19)39)27(21)35-23-6-5-16-3-1-2-4-18(16)26(20)23;2*1-2;/h1-6,9,11,28,39H,7-8,10,12-15,31-33H2,(H,34,38);2*1-2H3;1H4/b17-11-;;;. The number of fused-ring (bicyclic) bond motifs is 7. The van der Waals surface area contributed by atoms with Gasteiger partial charge in [-0.05, 0) is 28.5 Å². The molecule has 2 aromatic carbocycles. The van der Waals surface area contributed by atoms with Crippen LogP contribution in [0.5, 0.6) is 0 Å². The number of nitrogens with one attached hydrogen (secondary N) is 1. The highest BCUT2D eigenvalue weighted by Crippen LogP contribution is 2.40. The summed E-state index contributed by atoms with van der Waals surface area (Å²) in [5.41, 5.74) is 15.6. The van der Waals surface area contributed by atoms with Gasteiger partial charge in [-0.1, -0.05) is 65.5 Å². The summed E-state index contributed by atoms with van der Waals surface area (Å²) in [5.74, 6) is 5.38. The first kappa shape index (κ1) is 37.6. The number of cyclic esters (lactones) is 1. The minimum absolute atomic E-state index is 0. The lowest BCUT2D eigenvalue weighted by Crippen LogP contribution is -2.32. The Labute approximate surface area is 280 Å². The summed E-state index contributed by atoms with van der Waals surface area (Å²) in [6, 6.07) is 13.5. The highest BCUT2D eigenvalue weighted by Gasteiger charge is 2.35. The van der Waals surface area contributed by atoms with Crippen LogP contribution in [0.2, 0.25) is 0 Å². The number of nitrogens with two attached hydrogens (primary N) is 3. The molecule has 0 bridgehead atoms. The number of nitrogens with zero attached hydrogens (tertiary/aromatic N) is 3. The fourth-order valence-electron chi connectivity index (χ4n) is 5.64. The Hall–Kier alpha value is -4.82. The smallest absolute Gasteiger partial charge is 0.340 e. The van der Waals surface area contributed by atoms with E-state index < -0.39 is 12.1 Å². The summed E-state index contributed by atoms with van der Waals surface area (Å²) in [7, 11) is 0. The lowest BCUT2D eigenvalue weighted by Gasteiger charge is -2.21. The Morgan fingerprint density at radius 3 is 2.62 bits per heavy atom. The van der Waals surface area contributed by atoms with E-state index in [2.05, 4.69) is 5.32 Å². The summed E-state index contributed by atoms with van der Waals surface area (Å²) in [6.07, 6.45) is 0.460. The van der Waals surface area contributed by atoms with Crippen LogP contribution >= 0.6 is 0 Å². The van der Waals surface area contributed by atoms with Crippen LogP contribution in [0, 0.1) is 0 Å². The zero-order chi connectivity index (χ0) is 34.2. The van der Waals surface area contributed by atoms with Gasteiger partial charge in [0.2, 0.25) is 5.91 Å². The van der Waals surface area contributed by atoms with Crippen molar-refractivity contribution < 1.29 is 24.2 Å². The second kappa shape index (κ2) is 16.8. The third-order valence-electron chi connectivity index (χ3n) is 7.73. The van der Waals surface area contributed by atoms with Crippen LogP contribution in [0.4, 0.5) is 0 Å². The van der Waals surface area contributed by atoms with Gasteiger partial charge in [0.1, 0.15) is 13.3 Å². The quantitative estimate of drug-likeness (QED) is 0.0388. The van der Waals surface area contributed by atoms with Gasteiger partial charge in [0.25, 0.3) is 5.56 Å². The molecule has 0 radical (unpaired) electrons. The molecule has 4 heterocycles. The summed E-state index contributed by atoms with van der Waals surface area (Å²) >= 11 is 0. The molecule has 0 fully saturated rings. The van der Waals surface area contributed by atoms with E-state index in [1.807, 2.05) is 64.1 Å². The largest absolute Gasteiger partial charge is 0.458 e. The molecule has 1 amide bonds. The summed E-state index contributed by atoms with van der Waals surface area (Å²) in [4.78, 5) is 41.8. The molecule has 0 aliphatic carbocycles. The molecule has 1 unspecified atom stereocenters. The Morgan fingerprint density at radius 1 is 1.17 bits per heavy atom. The van der Waals surface area contributed by atoms with E-state index in [4.69, 9.17) is 31.8 Å². The van der Waals surface area contributed by atoms with Gasteiger partial charge in [-0.2, -0.15) is 0 Å². The summed E-state index contributed by atoms with van der Waals surface area (Å²) < 4.78 is 12.0. The Balaban J connectivity index is 0.00000121. The van der Waals surface area contributed by atoms with Crippen LogP contribution in [0.3, 0.4) is 0 Å². The Morgan fingerprint density at radius 2 is 1.90 bits per heavy atom. The monoisotopic (exact) mass is 661 g/mol. The third kappa shape index (κ3) is 7.50. The van der Waals surface area contributed by atoms with Crippen molar-refractivity contribution in [2.45, 2.75) is 67.3 Å². The number of hydrogen-bond donors (Lipinski definition) is 5. The van der Waals surface area contributed by atoms with E-state index in [0.29, 0.717) is 29.0 Å². The minimum Gasteiger partial charge on any atom is -0.458 e. The third-order valence-corrected chi connectivity index (χ3v) is 7.73. The topological polar surface area (TPSA) is 201 Å². The second-order valence-electron chi connectivity index (χ2n) is 10.4. The van der Waals surface area contributed by atoms with Crippen molar-refractivity contribution in [3.63, 3.8) is 0 Å². The predicted octanol–water partition coefficient (Wildman–Crippen LogP) is 3.27. The molecule has 0 spiro atoms. The number of hydrogen-bond acceptors (Lipinski definition) is 11. The van der Waals surface area contributed by atoms with E-state index in [1.54, 1.807) is 16.8 Å². The number of ether oxygens (including phenoxy) is 2. The van der Waals surface area contributed by atoms with Gasteiger partial charge in [-0.15, -0.1) is 0 Å². The number of aliphatic hydroxyl groups is 1. The number of benzene rings is 2. The lowest BCUT2D eigenvalue weighted by atomic mass is 9.95. The molecular weight excluding hydrogens is 614 g/mol. The van der Waals surface area contributed by atoms with E-state index in [-0.39, 0.29) is 69.6 Å². The van der Waals surface area contributed by atoms with Crippen molar-refractivity contribution in [2.24, 2.45) is 17.3 Å². The number of amides is 1. The van der Waals surface area contributed by atoms with Crippen LogP contribution in [0.15, 0.2) is 59.2 Å². The van der Waals surface area contributed by atoms with Gasteiger partial charge < -0.3 is 40.9 Å². The molecule has 2 aromatic heterocycles. The summed E-state index contributed by atoms with van der Waals surface area (Å²) in [6.45, 7) is 8.46. The van der Waals surface area contributed by atoms with Crippen LogP contribution in [-0.4, -0.2) is 51.4 Å². The second-order valence-corrected chi connectivity index (χ2v) is 10.4. The van der Waals surface area contributed by atoms with Crippen LogP contribution in [0.25, 0.3) is 33.1 Å². The van der Waals surface area contributed by atoms with Gasteiger partial charge in [-0.3, -0.25) is 9.59 Å². The van der Waals surface area contributed by atoms with E-state index in [9.17, 15) is 19.5 Å². The van der Waals surface area contributed by atoms with Crippen molar-refractivity contribution in [3.8, 4) is 11.4 Å². The van der Waals surface area contributed by atoms with Crippen LogP contribution in [0.1, 0.15) is 69.9 Å². The zero-order valence-corrected chi connectivity index (χ0v) is 27.2. The Bertz CT molecular complexity index is 1870. The molecule has 2 aliphatic heterocycles. The number of carbonyl (C=O) groups is 2. The molecule has 0 saturated heterocycles. The number of aliphatic hydroxyl groups excluding tert-OH is 1. The zero-order valence-electron chi connectivity index (χ0n) is 27.2. The van der Waals surface area contributed by atoms with Crippen molar-refractivity contribution in [1.29, 1.82) is 0 Å². The van der Waals surface area contributed by atoms with Gasteiger partial charge in [-0.25, -0.2) is 15.6 Å². The maximum atomic E-state index is 13.5. The van der Waals surface area contributed by atoms with Gasteiger partial charge in [0.05, 0.1) is 48.7 Å². The molecule has 4 aromatic rings. The van der Waals surface area contributed by atoms with Gasteiger partial charge >= 0.3 is 5.97 Å². The highest BCUT2D eigenvalue weighted by molar-refractivity contribution is 6.09. The normalized spacial score (nSPS) is 14.3. The maximum Gasteiger partial charge on any atom is 0.340 e. The van der Waals surface area contributed by atoms with Crippen LogP contribution in [-0.2, 0) is 38.8 Å². The molecule has 48 heavy (non-hydrogen) atoms. The number of pyridine rings is 2. The van der Waals surface area contributed by atoms with Gasteiger partial charge in [0.15, 0.2) is 6.10 Å². The average molecular weight is 662 g/mol. The fraction of sp³-hybridized carbons (Fsp3) is 0.371. The van der Waals surface area contributed by atoms with E-state index in [1.165, 1.54) is 5.01 Å². The molecule has 8 N–H and O–H groups in total. The number of carbonyl (C=O) groups excluding carboxylic acids is 2. The molecule has 1 atom stereocenters. The first-order valence-electron chi connectivity index (χ1n) is 15.7. The molecular formula is C35H47N7O6. The molecule has 2 aliphatic rings. The first-order chi connectivity index (χ1) is 22.8. The molecule has 6 rings (SSSR count). The molecule has 13 nitrogen and oxygen atoms in total. The van der Waals surface area contributed by atoms with Crippen molar-refractivity contribution in [1.82, 2.24) is 19.9 Å². The molecule has 0 saturated carbocycles. The van der Waals surface area contributed by atoms with E-state index in [0.717, 1.165) is 27.3 Å². The minimum atomic E-state index is -1.54. The highest BCUT2D eigenvalue weighted by atomic mass is 16.5. The van der Waals surface area contributed by atoms with Gasteiger partial charge in [0, 0.05) is 34.8 Å². The SMILES string of the molecule is C.CC.CC.NCC(=O)NCOCC/C(N)=C/N(N)Cc1c2c(nc3ccc4ccccc4c13)-c1cc3c(c(=O)n1C2)COC(=O)C3O. The number of hydrazine groups is 1. The maximum absolute atomic E-state index is 13.5. The number of rotatable bonds is 9. The predicted molar refractivity (Wildman–Crippen MR) is 187 cm³/mol. The molecule has 258 valence electrons. The number of esters is 1. The number of aromatic nitrogens is 2. The summed E-state index contributed by atoms with van der Waals surface area (Å²) in [5, 5.41) is 17.4. The first-order valence-corrected chi connectivity index (χ1v) is 15.7. The fourth-order valence-corrected chi connectivity index (χ4v) is 5.64. The Kier molecular flexibility index (Phi) is 13.2. The lowest BCUT2D eigenvalue weighted by molar-refractivity contribution is -0.157. The molecule has 13 heteroatoms. The van der Waals surface area contributed by atoms with Crippen molar-refractivity contribution in [2.75, 3.05) is 19.9 Å². The average Bonchev–Trinajstić information content (AvgIpc) is 3.46. The van der Waals surface area contributed by atoms with Crippen molar-refractivity contribution in [3.05, 3.63) is 87.0 Å². The van der Waals surface area contributed by atoms with Crippen LogP contribution < -0.4 is 28.2 Å². The van der Waals surface area contributed by atoms with E-state index >= 15 is 0 Å². The van der Waals surface area contributed by atoms with Crippen molar-refractivity contribution >= 4 is 33.6 Å².